The van der Waals surface area contributed by atoms with Crippen molar-refractivity contribution in [2.75, 3.05) is 9.80 Å². The third-order valence-corrected chi connectivity index (χ3v) is 16.1. The van der Waals surface area contributed by atoms with E-state index in [-0.39, 0.29) is 0 Å². The highest BCUT2D eigenvalue weighted by molar-refractivity contribution is 7.26. The Hall–Kier alpha value is -7.76. The van der Waals surface area contributed by atoms with Crippen molar-refractivity contribution < 1.29 is 0 Å². The second-order valence-electron chi connectivity index (χ2n) is 17.2. The zero-order chi connectivity index (χ0) is 42.6. The molecule has 2 heterocycles. The fourth-order valence-corrected chi connectivity index (χ4v) is 13.5. The van der Waals surface area contributed by atoms with Crippen LogP contribution in [0.3, 0.4) is 0 Å². The first-order valence-corrected chi connectivity index (χ1v) is 23.9. The summed E-state index contributed by atoms with van der Waals surface area (Å²) in [5.74, 6) is 0. The van der Waals surface area contributed by atoms with Crippen molar-refractivity contribution in [1.29, 1.82) is 0 Å². The lowest BCUT2D eigenvalue weighted by atomic mass is 9.70. The van der Waals surface area contributed by atoms with Crippen LogP contribution in [-0.2, 0) is 5.41 Å². The lowest BCUT2D eigenvalue weighted by Gasteiger charge is -2.33. The van der Waals surface area contributed by atoms with E-state index in [1.807, 2.05) is 22.7 Å². The highest BCUT2D eigenvalue weighted by Gasteiger charge is 2.52. The van der Waals surface area contributed by atoms with Crippen molar-refractivity contribution in [2.24, 2.45) is 0 Å². The van der Waals surface area contributed by atoms with Crippen LogP contribution < -0.4 is 9.80 Å². The van der Waals surface area contributed by atoms with Gasteiger partial charge in [-0.3, -0.25) is 0 Å². The minimum Gasteiger partial charge on any atom is -0.310 e. The third-order valence-electron chi connectivity index (χ3n) is 13.8. The van der Waals surface area contributed by atoms with Gasteiger partial charge in [0.15, 0.2) is 0 Å². The Morgan fingerprint density at radius 1 is 0.277 bits per heavy atom. The molecule has 0 N–H and O–H groups in total. The zero-order valence-corrected chi connectivity index (χ0v) is 36.8. The van der Waals surface area contributed by atoms with Gasteiger partial charge in [0.05, 0.1) is 11.1 Å². The lowest BCUT2D eigenvalue weighted by molar-refractivity contribution is 0.793. The van der Waals surface area contributed by atoms with Crippen LogP contribution in [0.15, 0.2) is 231 Å². The molecule has 65 heavy (non-hydrogen) atoms. The van der Waals surface area contributed by atoms with Gasteiger partial charge in [-0.25, -0.2) is 0 Å². The molecule has 2 aliphatic carbocycles. The molecule has 12 aromatic rings. The van der Waals surface area contributed by atoms with Crippen LogP contribution >= 0.6 is 22.7 Å². The molecule has 0 bridgehead atoms. The Kier molecular flexibility index (Phi) is 7.97. The van der Waals surface area contributed by atoms with E-state index in [2.05, 4.69) is 240 Å². The van der Waals surface area contributed by atoms with E-state index in [1.165, 1.54) is 90.5 Å². The molecule has 0 amide bonds. The van der Waals surface area contributed by atoms with E-state index in [1.54, 1.807) is 0 Å². The van der Waals surface area contributed by atoms with Gasteiger partial charge in [0, 0.05) is 74.3 Å². The van der Waals surface area contributed by atoms with Crippen molar-refractivity contribution in [3.63, 3.8) is 0 Å². The molecule has 2 aromatic heterocycles. The largest absolute Gasteiger partial charge is 0.310 e. The molecule has 0 saturated heterocycles. The average Bonchev–Trinajstić information content (AvgIpc) is 4.10. The molecule has 0 saturated carbocycles. The third kappa shape index (κ3) is 5.27. The number of nitrogens with zero attached hydrogens (tertiary/aromatic N) is 2. The molecular weight excluding hydrogens is 825 g/mol. The SMILES string of the molecule is c1ccc(N(c2ccc3c(c2)C2(c4ccccc4-3)c3ccccc3-c3c(N(c4ccccc4)c4ccc5c(c4)sc4ccccc45)cccc32)c2ccc3c(c2)sc2ccccc23)cc1. The van der Waals surface area contributed by atoms with Crippen LogP contribution in [0, 0.1) is 0 Å². The summed E-state index contributed by atoms with van der Waals surface area (Å²) in [6.07, 6.45) is 0. The molecule has 14 rings (SSSR count). The molecule has 2 aliphatic rings. The van der Waals surface area contributed by atoms with Crippen molar-refractivity contribution in [1.82, 2.24) is 0 Å². The maximum absolute atomic E-state index is 2.50. The molecule has 4 heteroatoms. The highest BCUT2D eigenvalue weighted by Crippen LogP contribution is 2.65. The number of hydrogen-bond donors (Lipinski definition) is 0. The van der Waals surface area contributed by atoms with E-state index >= 15 is 0 Å². The normalized spacial score (nSPS) is 14.5. The monoisotopic (exact) mass is 862 g/mol. The summed E-state index contributed by atoms with van der Waals surface area (Å²) in [6.45, 7) is 0. The van der Waals surface area contributed by atoms with Gasteiger partial charge < -0.3 is 9.80 Å². The Morgan fingerprint density at radius 2 is 0.738 bits per heavy atom. The topological polar surface area (TPSA) is 6.48 Å². The summed E-state index contributed by atoms with van der Waals surface area (Å²) in [4.78, 5) is 4.93. The van der Waals surface area contributed by atoms with Crippen LogP contribution in [0.1, 0.15) is 22.3 Å². The van der Waals surface area contributed by atoms with Gasteiger partial charge >= 0.3 is 0 Å². The Labute approximate surface area is 385 Å². The molecule has 0 fully saturated rings. The summed E-state index contributed by atoms with van der Waals surface area (Å²) in [5, 5.41) is 5.22. The van der Waals surface area contributed by atoms with E-state index < -0.39 is 5.41 Å². The second kappa shape index (κ2) is 14.1. The molecular formula is C61H38N2S2. The van der Waals surface area contributed by atoms with Crippen LogP contribution in [0.25, 0.3) is 62.6 Å². The standard InChI is InChI=1S/C61H38N2S2/c1-3-16-39(17-4-1)62(42-31-34-48-46-21-9-13-28-56(46)64-58(48)37-42)41-30-33-45-44-20-7-11-24-51(44)61(54(45)36-41)52-25-12-8-23-50(52)60-53(61)26-15-27-55(60)63(40-18-5-2-6-19-40)43-32-35-49-47-22-10-14-29-57(47)65-59(49)38-43/h1-38H. The van der Waals surface area contributed by atoms with Gasteiger partial charge in [-0.2, -0.15) is 0 Å². The summed E-state index contributed by atoms with van der Waals surface area (Å²) in [5.41, 5.74) is 16.6. The molecule has 0 aliphatic heterocycles. The predicted molar refractivity (Wildman–Crippen MR) is 278 cm³/mol. The number of rotatable bonds is 6. The maximum Gasteiger partial charge on any atom is 0.0727 e. The zero-order valence-electron chi connectivity index (χ0n) is 35.2. The first-order valence-electron chi connectivity index (χ1n) is 22.2. The minimum atomic E-state index is -0.556. The van der Waals surface area contributed by atoms with Gasteiger partial charge in [0.25, 0.3) is 0 Å². The van der Waals surface area contributed by atoms with Crippen LogP contribution in [-0.4, -0.2) is 0 Å². The van der Waals surface area contributed by atoms with E-state index in [0.29, 0.717) is 0 Å². The summed E-state index contributed by atoms with van der Waals surface area (Å²) < 4.78 is 5.20. The molecule has 0 radical (unpaired) electrons. The molecule has 10 aromatic carbocycles. The van der Waals surface area contributed by atoms with Crippen LogP contribution in [0.5, 0.6) is 0 Å². The van der Waals surface area contributed by atoms with Crippen LogP contribution in [0.4, 0.5) is 34.1 Å². The van der Waals surface area contributed by atoms with Crippen LogP contribution in [0.2, 0.25) is 0 Å². The molecule has 1 unspecified atom stereocenters. The average molecular weight is 863 g/mol. The van der Waals surface area contributed by atoms with Crippen molar-refractivity contribution in [3.05, 3.63) is 253 Å². The Bertz CT molecular complexity index is 3860. The van der Waals surface area contributed by atoms with Gasteiger partial charge in [-0.05, 0) is 118 Å². The second-order valence-corrected chi connectivity index (χ2v) is 19.3. The van der Waals surface area contributed by atoms with Gasteiger partial charge in [-0.1, -0.05) is 152 Å². The van der Waals surface area contributed by atoms with Gasteiger partial charge in [-0.15, -0.1) is 22.7 Å². The molecule has 1 atom stereocenters. The first kappa shape index (κ1) is 36.7. The Balaban J connectivity index is 1.01. The molecule has 1 spiro atoms. The van der Waals surface area contributed by atoms with E-state index in [4.69, 9.17) is 0 Å². The van der Waals surface area contributed by atoms with Crippen molar-refractivity contribution >= 4 is 97.1 Å². The Morgan fingerprint density at radius 3 is 1.40 bits per heavy atom. The quantitative estimate of drug-likeness (QED) is 0.164. The maximum atomic E-state index is 2.50. The summed E-state index contributed by atoms with van der Waals surface area (Å²) in [7, 11) is 0. The molecule has 2 nitrogen and oxygen atoms in total. The number of hydrogen-bond acceptors (Lipinski definition) is 4. The van der Waals surface area contributed by atoms with Crippen molar-refractivity contribution in [3.8, 4) is 22.3 Å². The fourth-order valence-electron chi connectivity index (χ4n) is 11.2. The smallest absolute Gasteiger partial charge is 0.0727 e. The first-order chi connectivity index (χ1) is 32.2. The predicted octanol–water partition coefficient (Wildman–Crippen LogP) is 17.7. The van der Waals surface area contributed by atoms with E-state index in [9.17, 15) is 0 Å². The minimum absolute atomic E-state index is 0.556. The lowest BCUT2D eigenvalue weighted by Crippen LogP contribution is -2.26. The highest BCUT2D eigenvalue weighted by atomic mass is 32.1. The van der Waals surface area contributed by atoms with E-state index in [0.717, 1.165) is 28.4 Å². The fraction of sp³-hybridized carbons (Fsp3) is 0.0164. The number of benzene rings is 10. The van der Waals surface area contributed by atoms with Gasteiger partial charge in [0.2, 0.25) is 0 Å². The summed E-state index contributed by atoms with van der Waals surface area (Å²) >= 11 is 3.74. The van der Waals surface area contributed by atoms with Crippen molar-refractivity contribution in [2.45, 2.75) is 5.41 Å². The number of fused-ring (bicyclic) bond motifs is 16. The number of para-hydroxylation sites is 2. The van der Waals surface area contributed by atoms with Gasteiger partial charge in [0.1, 0.15) is 0 Å². The number of thiophene rings is 2. The molecule has 304 valence electrons. The number of anilines is 6. The summed E-state index contributed by atoms with van der Waals surface area (Å²) in [6, 6.07) is 85.9.